The smallest absolute Gasteiger partial charge is 0.353 e. The number of benzene rings is 1. The quantitative estimate of drug-likeness (QED) is 0.580. The summed E-state index contributed by atoms with van der Waals surface area (Å²) in [4.78, 5) is 25.4. The zero-order chi connectivity index (χ0) is 17.9. The van der Waals surface area contributed by atoms with Crippen LogP contribution < -0.4 is 10.4 Å². The summed E-state index contributed by atoms with van der Waals surface area (Å²) in [6.45, 7) is 0. The fourth-order valence-electron chi connectivity index (χ4n) is 1.72. The Morgan fingerprint density at radius 2 is 1.92 bits per heavy atom. The van der Waals surface area contributed by atoms with Crippen LogP contribution in [0.3, 0.4) is 0 Å². The predicted octanol–water partition coefficient (Wildman–Crippen LogP) is 1.64. The molecule has 0 amide bonds. The average Bonchev–Trinajstić information content (AvgIpc) is 2.54. The first-order valence-corrected chi connectivity index (χ1v) is 7.16. The van der Waals surface area contributed by atoms with Crippen LogP contribution in [0.15, 0.2) is 47.4 Å². The fraction of sp³-hybridized carbons (Fsp3) is 0.0714. The molecule has 0 bridgehead atoms. The first-order valence-electron chi connectivity index (χ1n) is 6.41. The third kappa shape index (κ3) is 4.05. The first-order chi connectivity index (χ1) is 11.3. The molecule has 1 aliphatic rings. The number of aliphatic hydroxyl groups is 1. The number of carboxylic acids is 2. The molecule has 0 aliphatic carbocycles. The van der Waals surface area contributed by atoms with E-state index in [-0.39, 0.29) is 5.70 Å². The van der Waals surface area contributed by atoms with E-state index in [2.05, 4.69) is 10.4 Å². The van der Waals surface area contributed by atoms with Crippen LogP contribution in [0, 0.1) is 0 Å². The SMILES string of the molecule is O=C(O)C(=NC1=CNN(c2ccc(Cl)c(Cl)c2)C=C1)C(O)C(=O)O. The van der Waals surface area contributed by atoms with Gasteiger partial charge in [0.25, 0.3) is 0 Å². The van der Waals surface area contributed by atoms with Crippen LogP contribution in [-0.4, -0.2) is 39.1 Å². The molecule has 10 heteroatoms. The molecule has 4 N–H and O–H groups in total. The zero-order valence-corrected chi connectivity index (χ0v) is 13.4. The Hall–Kier alpha value is -2.55. The van der Waals surface area contributed by atoms with Gasteiger partial charge in [-0.05, 0) is 24.3 Å². The van der Waals surface area contributed by atoms with Crippen LogP contribution in [0.1, 0.15) is 0 Å². The molecule has 0 spiro atoms. The van der Waals surface area contributed by atoms with E-state index in [0.717, 1.165) is 0 Å². The molecule has 1 aromatic carbocycles. The summed E-state index contributed by atoms with van der Waals surface area (Å²) in [5.41, 5.74) is 2.67. The minimum atomic E-state index is -2.23. The molecule has 0 saturated heterocycles. The Bertz CT molecular complexity index is 776. The molecular weight excluding hydrogens is 361 g/mol. The second-order valence-corrected chi connectivity index (χ2v) is 5.34. The highest BCUT2D eigenvalue weighted by Gasteiger charge is 2.27. The van der Waals surface area contributed by atoms with Crippen molar-refractivity contribution in [3.8, 4) is 0 Å². The maximum atomic E-state index is 11.0. The minimum absolute atomic E-state index is 0.115. The lowest BCUT2D eigenvalue weighted by Crippen LogP contribution is -2.36. The molecule has 0 saturated carbocycles. The highest BCUT2D eigenvalue weighted by molar-refractivity contribution is 6.42. The lowest BCUT2D eigenvalue weighted by atomic mass is 10.2. The predicted molar refractivity (Wildman–Crippen MR) is 88.0 cm³/mol. The molecule has 1 unspecified atom stereocenters. The molecule has 8 nitrogen and oxygen atoms in total. The van der Waals surface area contributed by atoms with Crippen molar-refractivity contribution < 1.29 is 24.9 Å². The van der Waals surface area contributed by atoms with Crippen LogP contribution in [0.5, 0.6) is 0 Å². The molecule has 0 radical (unpaired) electrons. The van der Waals surface area contributed by atoms with Crippen molar-refractivity contribution in [3.05, 3.63) is 52.4 Å². The van der Waals surface area contributed by atoms with E-state index in [1.54, 1.807) is 23.2 Å². The third-order valence-electron chi connectivity index (χ3n) is 2.89. The van der Waals surface area contributed by atoms with Gasteiger partial charge in [-0.25, -0.2) is 14.6 Å². The molecule has 126 valence electrons. The fourth-order valence-corrected chi connectivity index (χ4v) is 2.02. The number of carbonyl (C=O) groups is 2. The number of aliphatic carboxylic acids is 2. The van der Waals surface area contributed by atoms with Gasteiger partial charge in [0.05, 0.1) is 21.4 Å². The van der Waals surface area contributed by atoms with E-state index >= 15 is 0 Å². The number of anilines is 1. The average molecular weight is 372 g/mol. The molecule has 0 fully saturated rings. The summed E-state index contributed by atoms with van der Waals surface area (Å²) in [5.74, 6) is -3.34. The lowest BCUT2D eigenvalue weighted by molar-refractivity contribution is -0.144. The van der Waals surface area contributed by atoms with Crippen LogP contribution in [0.2, 0.25) is 10.0 Å². The molecular formula is C14H11Cl2N3O5. The van der Waals surface area contributed by atoms with Gasteiger partial charge >= 0.3 is 11.9 Å². The summed E-state index contributed by atoms with van der Waals surface area (Å²) in [5, 5.41) is 29.3. The van der Waals surface area contributed by atoms with E-state index in [9.17, 15) is 14.7 Å². The van der Waals surface area contributed by atoms with Gasteiger partial charge in [0.1, 0.15) is 0 Å². The van der Waals surface area contributed by atoms with Gasteiger partial charge < -0.3 is 15.3 Å². The van der Waals surface area contributed by atoms with Crippen LogP contribution in [-0.2, 0) is 9.59 Å². The minimum Gasteiger partial charge on any atom is -0.479 e. The molecule has 2 rings (SSSR count). The molecule has 24 heavy (non-hydrogen) atoms. The Morgan fingerprint density at radius 3 is 2.42 bits per heavy atom. The molecule has 1 aromatic rings. The Labute approximate surface area is 145 Å². The van der Waals surface area contributed by atoms with Crippen LogP contribution >= 0.6 is 23.2 Å². The Balaban J connectivity index is 2.19. The number of hydrogen-bond donors (Lipinski definition) is 4. The van der Waals surface area contributed by atoms with E-state index in [0.29, 0.717) is 15.7 Å². The van der Waals surface area contributed by atoms with Gasteiger partial charge in [-0.1, -0.05) is 23.2 Å². The van der Waals surface area contributed by atoms with Gasteiger partial charge in [-0.3, -0.25) is 10.4 Å². The number of hydrogen-bond acceptors (Lipinski definition) is 6. The highest BCUT2D eigenvalue weighted by atomic mass is 35.5. The van der Waals surface area contributed by atoms with Gasteiger partial charge in [-0.15, -0.1) is 0 Å². The van der Waals surface area contributed by atoms with Crippen molar-refractivity contribution >= 4 is 46.5 Å². The van der Waals surface area contributed by atoms with Crippen LogP contribution in [0.4, 0.5) is 5.69 Å². The molecule has 0 aromatic heterocycles. The summed E-state index contributed by atoms with van der Waals surface area (Å²) in [6, 6.07) is 4.92. The normalized spacial score (nSPS) is 15.5. The van der Waals surface area contributed by atoms with Crippen LogP contribution in [0.25, 0.3) is 0 Å². The van der Waals surface area contributed by atoms with E-state index in [1.165, 1.54) is 18.5 Å². The van der Waals surface area contributed by atoms with Crippen molar-refractivity contribution in [2.45, 2.75) is 6.10 Å². The van der Waals surface area contributed by atoms with Gasteiger partial charge in [0.2, 0.25) is 6.10 Å². The second-order valence-electron chi connectivity index (χ2n) is 4.53. The number of carboxylic acid groups (broad SMARTS) is 2. The Morgan fingerprint density at radius 1 is 1.21 bits per heavy atom. The summed E-state index contributed by atoms with van der Waals surface area (Å²) >= 11 is 11.8. The maximum absolute atomic E-state index is 11.0. The van der Waals surface area contributed by atoms with Crippen molar-refractivity contribution in [2.24, 2.45) is 4.99 Å². The van der Waals surface area contributed by atoms with Gasteiger partial charge in [0, 0.05) is 12.4 Å². The van der Waals surface area contributed by atoms with Crippen molar-refractivity contribution in [1.82, 2.24) is 5.43 Å². The third-order valence-corrected chi connectivity index (χ3v) is 3.63. The second kappa shape index (κ2) is 7.35. The topological polar surface area (TPSA) is 122 Å². The highest BCUT2D eigenvalue weighted by Crippen LogP contribution is 2.27. The van der Waals surface area contributed by atoms with Gasteiger partial charge in [-0.2, -0.15) is 0 Å². The first kappa shape index (κ1) is 17.8. The van der Waals surface area contributed by atoms with E-state index in [4.69, 9.17) is 33.4 Å². The Kier molecular flexibility index (Phi) is 5.45. The van der Waals surface area contributed by atoms with Crippen molar-refractivity contribution in [3.63, 3.8) is 0 Å². The standard InChI is InChI=1S/C14H11Cl2N3O5/c15-9-2-1-8(5-10(9)16)19-4-3-7(6-17-19)18-11(13(21)22)12(20)14(23)24/h1-6,12,17,20H,(H,21,22)(H,23,24). The summed E-state index contributed by atoms with van der Waals surface area (Å²) < 4.78 is 0. The summed E-state index contributed by atoms with van der Waals surface area (Å²) in [6.07, 6.45) is 2.05. The maximum Gasteiger partial charge on any atom is 0.353 e. The summed E-state index contributed by atoms with van der Waals surface area (Å²) in [7, 11) is 0. The van der Waals surface area contributed by atoms with Crippen molar-refractivity contribution in [1.29, 1.82) is 0 Å². The van der Waals surface area contributed by atoms with Gasteiger partial charge in [0.15, 0.2) is 5.71 Å². The molecule has 1 atom stereocenters. The van der Waals surface area contributed by atoms with E-state index in [1.807, 2.05) is 0 Å². The number of nitrogens with one attached hydrogen (secondary N) is 1. The number of rotatable bonds is 5. The van der Waals surface area contributed by atoms with E-state index < -0.39 is 23.8 Å². The molecule has 1 aliphatic heterocycles. The lowest BCUT2D eigenvalue weighted by Gasteiger charge is -2.23. The number of allylic oxidation sites excluding steroid dienone is 1. The van der Waals surface area contributed by atoms with Crippen molar-refractivity contribution in [2.75, 3.05) is 5.01 Å². The number of hydrazine groups is 1. The number of aliphatic hydroxyl groups excluding tert-OH is 1. The zero-order valence-electron chi connectivity index (χ0n) is 11.8. The number of aliphatic imine (C=N–C) groups is 1. The number of nitrogens with zero attached hydrogens (tertiary/aromatic N) is 2. The molecule has 1 heterocycles. The number of halogens is 2. The largest absolute Gasteiger partial charge is 0.479 e. The monoisotopic (exact) mass is 371 g/mol.